The van der Waals surface area contributed by atoms with Crippen LogP contribution in [0.3, 0.4) is 0 Å². The summed E-state index contributed by atoms with van der Waals surface area (Å²) in [5.74, 6) is -1.40. The van der Waals surface area contributed by atoms with Gasteiger partial charge in [-0.1, -0.05) is 32.0 Å². The Morgan fingerprint density at radius 1 is 1.09 bits per heavy atom. The van der Waals surface area contributed by atoms with Crippen LogP contribution in [-0.4, -0.2) is 63.4 Å². The third kappa shape index (κ3) is 6.62. The molecule has 1 aliphatic heterocycles. The minimum atomic E-state index is -3.75. The molecular formula is C24H30FN3O5S. The van der Waals surface area contributed by atoms with E-state index in [4.69, 9.17) is 4.74 Å². The summed E-state index contributed by atoms with van der Waals surface area (Å²) < 4.78 is 45.4. The van der Waals surface area contributed by atoms with E-state index in [0.29, 0.717) is 26.2 Å². The average molecular weight is 492 g/mol. The van der Waals surface area contributed by atoms with Gasteiger partial charge in [0, 0.05) is 25.2 Å². The van der Waals surface area contributed by atoms with Gasteiger partial charge in [-0.3, -0.25) is 9.59 Å². The SMILES string of the molecule is CC(C)[C@H](NC(=O)c1cccc(S(=O)(=O)N2CCOCC2)c1)C(=O)NCCc1ccc(F)cc1. The van der Waals surface area contributed by atoms with E-state index < -0.39 is 22.0 Å². The third-order valence-corrected chi connectivity index (χ3v) is 7.46. The largest absolute Gasteiger partial charge is 0.379 e. The maximum Gasteiger partial charge on any atom is 0.251 e. The van der Waals surface area contributed by atoms with Crippen molar-refractivity contribution < 1.29 is 27.1 Å². The highest BCUT2D eigenvalue weighted by atomic mass is 32.2. The third-order valence-electron chi connectivity index (χ3n) is 5.57. The molecule has 1 fully saturated rings. The fourth-order valence-electron chi connectivity index (χ4n) is 3.58. The van der Waals surface area contributed by atoms with Crippen molar-refractivity contribution in [3.63, 3.8) is 0 Å². The lowest BCUT2D eigenvalue weighted by molar-refractivity contribution is -0.123. The van der Waals surface area contributed by atoms with Gasteiger partial charge in [-0.25, -0.2) is 12.8 Å². The molecule has 184 valence electrons. The molecule has 3 rings (SSSR count). The molecule has 2 aromatic rings. The highest BCUT2D eigenvalue weighted by Crippen LogP contribution is 2.18. The fourth-order valence-corrected chi connectivity index (χ4v) is 5.04. The molecular weight excluding hydrogens is 461 g/mol. The van der Waals surface area contributed by atoms with Crippen molar-refractivity contribution in [2.24, 2.45) is 5.92 Å². The second kappa shape index (κ2) is 11.5. The molecule has 0 bridgehead atoms. The van der Waals surface area contributed by atoms with Crippen molar-refractivity contribution in [3.8, 4) is 0 Å². The second-order valence-corrected chi connectivity index (χ2v) is 10.3. The van der Waals surface area contributed by atoms with Crippen LogP contribution in [0.15, 0.2) is 53.4 Å². The first kappa shape index (κ1) is 25.8. The zero-order valence-electron chi connectivity index (χ0n) is 19.3. The minimum Gasteiger partial charge on any atom is -0.379 e. The van der Waals surface area contributed by atoms with E-state index in [-0.39, 0.29) is 41.2 Å². The predicted octanol–water partition coefficient (Wildman–Crippen LogP) is 1.96. The van der Waals surface area contributed by atoms with Gasteiger partial charge in [0.2, 0.25) is 15.9 Å². The number of hydrogen-bond acceptors (Lipinski definition) is 5. The van der Waals surface area contributed by atoms with E-state index in [1.54, 1.807) is 12.1 Å². The predicted molar refractivity (Wildman–Crippen MR) is 125 cm³/mol. The quantitative estimate of drug-likeness (QED) is 0.558. The summed E-state index contributed by atoms with van der Waals surface area (Å²) in [6, 6.07) is 11.0. The van der Waals surface area contributed by atoms with Gasteiger partial charge in [-0.15, -0.1) is 0 Å². The lowest BCUT2D eigenvalue weighted by Crippen LogP contribution is -2.50. The average Bonchev–Trinajstić information content (AvgIpc) is 2.84. The van der Waals surface area contributed by atoms with Crippen LogP contribution in [-0.2, 0) is 26.0 Å². The molecule has 1 saturated heterocycles. The molecule has 2 N–H and O–H groups in total. The molecule has 0 aliphatic carbocycles. The highest BCUT2D eigenvalue weighted by molar-refractivity contribution is 7.89. The van der Waals surface area contributed by atoms with Crippen LogP contribution in [0.25, 0.3) is 0 Å². The van der Waals surface area contributed by atoms with Crippen molar-refractivity contribution in [2.45, 2.75) is 31.2 Å². The first-order valence-corrected chi connectivity index (χ1v) is 12.6. The zero-order chi connectivity index (χ0) is 24.7. The number of sulfonamides is 1. The Morgan fingerprint density at radius 3 is 2.41 bits per heavy atom. The van der Waals surface area contributed by atoms with E-state index in [9.17, 15) is 22.4 Å². The van der Waals surface area contributed by atoms with Gasteiger partial charge in [0.15, 0.2) is 0 Å². The Bertz CT molecular complexity index is 1100. The van der Waals surface area contributed by atoms with Crippen LogP contribution < -0.4 is 10.6 Å². The summed E-state index contributed by atoms with van der Waals surface area (Å²) in [6.07, 6.45) is 0.520. The van der Waals surface area contributed by atoms with Crippen molar-refractivity contribution >= 4 is 21.8 Å². The maximum absolute atomic E-state index is 13.0. The molecule has 0 spiro atoms. The molecule has 1 atom stereocenters. The molecule has 0 radical (unpaired) electrons. The van der Waals surface area contributed by atoms with Crippen LogP contribution in [0, 0.1) is 11.7 Å². The number of carbonyl (C=O) groups is 2. The molecule has 10 heteroatoms. The lowest BCUT2D eigenvalue weighted by atomic mass is 10.0. The Morgan fingerprint density at radius 2 is 1.76 bits per heavy atom. The lowest BCUT2D eigenvalue weighted by Gasteiger charge is -2.26. The first-order valence-electron chi connectivity index (χ1n) is 11.2. The second-order valence-electron chi connectivity index (χ2n) is 8.41. The summed E-state index contributed by atoms with van der Waals surface area (Å²) >= 11 is 0. The van der Waals surface area contributed by atoms with E-state index in [0.717, 1.165) is 5.56 Å². The van der Waals surface area contributed by atoms with Gasteiger partial charge in [0.25, 0.3) is 5.91 Å². The fraction of sp³-hybridized carbons (Fsp3) is 0.417. The number of halogens is 1. The number of rotatable bonds is 9. The summed E-state index contributed by atoms with van der Waals surface area (Å²) in [6.45, 7) is 5.11. The number of ether oxygens (including phenoxy) is 1. The van der Waals surface area contributed by atoms with Crippen LogP contribution in [0.2, 0.25) is 0 Å². The smallest absolute Gasteiger partial charge is 0.251 e. The number of nitrogens with zero attached hydrogens (tertiary/aromatic N) is 1. The molecule has 0 aromatic heterocycles. The van der Waals surface area contributed by atoms with Gasteiger partial charge in [0.1, 0.15) is 11.9 Å². The highest BCUT2D eigenvalue weighted by Gasteiger charge is 2.28. The summed E-state index contributed by atoms with van der Waals surface area (Å²) in [7, 11) is -3.75. The van der Waals surface area contributed by atoms with Crippen LogP contribution in [0.1, 0.15) is 29.8 Å². The Kier molecular flexibility index (Phi) is 8.76. The number of amides is 2. The van der Waals surface area contributed by atoms with Crippen molar-refractivity contribution in [1.29, 1.82) is 0 Å². The van der Waals surface area contributed by atoms with Crippen LogP contribution in [0.5, 0.6) is 0 Å². The van der Waals surface area contributed by atoms with Crippen molar-refractivity contribution in [3.05, 3.63) is 65.5 Å². The molecule has 0 saturated carbocycles. The monoisotopic (exact) mass is 491 g/mol. The van der Waals surface area contributed by atoms with E-state index in [2.05, 4.69) is 10.6 Å². The molecule has 34 heavy (non-hydrogen) atoms. The molecule has 2 amide bonds. The zero-order valence-corrected chi connectivity index (χ0v) is 20.1. The van der Waals surface area contributed by atoms with Gasteiger partial charge in [-0.05, 0) is 48.2 Å². The van der Waals surface area contributed by atoms with E-state index >= 15 is 0 Å². The molecule has 8 nitrogen and oxygen atoms in total. The maximum atomic E-state index is 13.0. The van der Waals surface area contributed by atoms with Crippen LogP contribution >= 0.6 is 0 Å². The molecule has 1 heterocycles. The normalized spacial score (nSPS) is 15.6. The van der Waals surface area contributed by atoms with Crippen LogP contribution in [0.4, 0.5) is 4.39 Å². The summed E-state index contributed by atoms with van der Waals surface area (Å²) in [4.78, 5) is 25.6. The van der Waals surface area contributed by atoms with E-state index in [1.165, 1.54) is 40.7 Å². The van der Waals surface area contributed by atoms with Gasteiger partial charge < -0.3 is 15.4 Å². The molecule has 2 aromatic carbocycles. The van der Waals surface area contributed by atoms with Gasteiger partial charge in [-0.2, -0.15) is 4.31 Å². The number of benzene rings is 2. The first-order chi connectivity index (χ1) is 16.2. The summed E-state index contributed by atoms with van der Waals surface area (Å²) in [5, 5.41) is 5.52. The molecule has 1 aliphatic rings. The number of morpholine rings is 1. The number of nitrogens with one attached hydrogen (secondary N) is 2. The standard InChI is InChI=1S/C24H30FN3O5S/c1-17(2)22(24(30)26-11-10-18-6-8-20(25)9-7-18)27-23(29)19-4-3-5-21(16-19)34(31,32)28-12-14-33-15-13-28/h3-9,16-17,22H,10-15H2,1-2H3,(H,26,30)(H,27,29)/t22-/m0/s1. The number of carbonyl (C=O) groups excluding carboxylic acids is 2. The van der Waals surface area contributed by atoms with Gasteiger partial charge >= 0.3 is 0 Å². The topological polar surface area (TPSA) is 105 Å². The summed E-state index contributed by atoms with van der Waals surface area (Å²) in [5.41, 5.74) is 1.03. The Balaban J connectivity index is 1.64. The molecule has 0 unspecified atom stereocenters. The minimum absolute atomic E-state index is 0.0203. The van der Waals surface area contributed by atoms with Crippen molar-refractivity contribution in [2.75, 3.05) is 32.8 Å². The Labute approximate surface area is 199 Å². The van der Waals surface area contributed by atoms with Crippen molar-refractivity contribution in [1.82, 2.24) is 14.9 Å². The van der Waals surface area contributed by atoms with E-state index in [1.807, 2.05) is 13.8 Å². The Hall–Kier alpha value is -2.82. The van der Waals surface area contributed by atoms with Gasteiger partial charge in [0.05, 0.1) is 18.1 Å². The number of hydrogen-bond donors (Lipinski definition) is 2.